The van der Waals surface area contributed by atoms with Gasteiger partial charge in [-0.1, -0.05) is 52.1 Å². The topological polar surface area (TPSA) is 99.6 Å². The number of nitrogens with zero attached hydrogens (tertiary/aromatic N) is 3. The molecule has 2 saturated carbocycles. The number of carbonyl (C=O) groups is 1. The van der Waals surface area contributed by atoms with Gasteiger partial charge in [0.25, 0.3) is 0 Å². The van der Waals surface area contributed by atoms with E-state index in [0.717, 1.165) is 29.9 Å². The lowest BCUT2D eigenvalue weighted by molar-refractivity contribution is -0.0569. The second kappa shape index (κ2) is 11.2. The number of methoxy groups -OCH3 is 1. The van der Waals surface area contributed by atoms with E-state index in [1.807, 2.05) is 18.5 Å². The van der Waals surface area contributed by atoms with Gasteiger partial charge >= 0.3 is 5.97 Å². The Morgan fingerprint density at radius 2 is 1.81 bits per heavy atom. The normalized spacial score (nSPS) is 20.0. The van der Waals surface area contributed by atoms with Crippen molar-refractivity contribution in [3.63, 3.8) is 0 Å². The van der Waals surface area contributed by atoms with Crippen molar-refractivity contribution in [2.45, 2.75) is 69.6 Å². The second-order valence-electron chi connectivity index (χ2n) is 11.3. The monoisotopic (exact) mass is 629 g/mol. The highest BCUT2D eigenvalue weighted by Gasteiger charge is 2.47. The van der Waals surface area contributed by atoms with Gasteiger partial charge in [-0.3, -0.25) is 4.68 Å². The molecule has 2 aliphatic rings. The summed E-state index contributed by atoms with van der Waals surface area (Å²) in [7, 11) is 1.33. The molecule has 0 spiro atoms. The molecular formula is C31H30Cl3N3O5. The number of esters is 1. The van der Waals surface area contributed by atoms with E-state index in [2.05, 4.69) is 10.3 Å². The SMILES string of the molecule is COC(=O)c1cc(C2CC(O)(c3ccc(OCc4c(-c5c(Cl)cccc5Cl)noc4C4CC4)cc3Cl)C2)n(C(C)C)n1. The summed E-state index contributed by atoms with van der Waals surface area (Å²) < 4.78 is 18.6. The van der Waals surface area contributed by atoms with Crippen molar-refractivity contribution < 1.29 is 23.9 Å². The lowest BCUT2D eigenvalue weighted by Crippen LogP contribution is -2.41. The Kier molecular flexibility index (Phi) is 7.77. The van der Waals surface area contributed by atoms with Crippen LogP contribution < -0.4 is 4.74 Å². The van der Waals surface area contributed by atoms with Crippen molar-refractivity contribution >= 4 is 40.8 Å². The van der Waals surface area contributed by atoms with Crippen LogP contribution in [-0.4, -0.2) is 33.1 Å². The molecule has 0 bridgehead atoms. The van der Waals surface area contributed by atoms with Gasteiger partial charge in [0, 0.05) is 34.7 Å². The third kappa shape index (κ3) is 5.30. The summed E-state index contributed by atoms with van der Waals surface area (Å²) in [6.07, 6.45) is 2.94. The molecule has 6 rings (SSSR count). The fourth-order valence-electron chi connectivity index (χ4n) is 5.68. The summed E-state index contributed by atoms with van der Waals surface area (Å²) in [6.45, 7) is 4.18. The lowest BCUT2D eigenvalue weighted by atomic mass is 9.66. The Balaban J connectivity index is 1.19. The van der Waals surface area contributed by atoms with Crippen LogP contribution in [0.15, 0.2) is 47.0 Å². The van der Waals surface area contributed by atoms with Crippen LogP contribution >= 0.6 is 34.8 Å². The molecule has 0 saturated heterocycles. The molecule has 2 heterocycles. The maximum atomic E-state index is 12.1. The first-order chi connectivity index (χ1) is 20.1. The van der Waals surface area contributed by atoms with Gasteiger partial charge in [-0.25, -0.2) is 4.79 Å². The van der Waals surface area contributed by atoms with Crippen LogP contribution in [0.3, 0.4) is 0 Å². The molecule has 0 radical (unpaired) electrons. The number of hydrogen-bond acceptors (Lipinski definition) is 7. The predicted octanol–water partition coefficient (Wildman–Crippen LogP) is 8.09. The van der Waals surface area contributed by atoms with Crippen molar-refractivity contribution in [2.24, 2.45) is 0 Å². The molecule has 2 aromatic heterocycles. The van der Waals surface area contributed by atoms with E-state index in [9.17, 15) is 9.90 Å². The minimum atomic E-state index is -1.11. The number of halogens is 3. The first-order valence-electron chi connectivity index (χ1n) is 13.9. The largest absolute Gasteiger partial charge is 0.489 e. The standard InChI is InChI=1S/C31H30Cl3N3O5/c1-16(2)37-26(12-25(35-37)30(38)40-3)18-13-31(39,14-18)21-10-9-19(11-24(21)34)41-15-20-28(36-42-29(20)17-7-8-17)27-22(32)5-4-6-23(27)33/h4-6,9-12,16-18,39H,7-8,13-15H2,1-3H3. The summed E-state index contributed by atoms with van der Waals surface area (Å²) in [5.41, 5.74) is 2.66. The van der Waals surface area contributed by atoms with Gasteiger partial charge in [-0.2, -0.15) is 5.10 Å². The number of hydrogen-bond donors (Lipinski definition) is 1. The maximum absolute atomic E-state index is 12.1. The number of rotatable bonds is 9. The van der Waals surface area contributed by atoms with Crippen molar-refractivity contribution in [1.29, 1.82) is 0 Å². The van der Waals surface area contributed by atoms with Crippen molar-refractivity contribution in [3.05, 3.63) is 85.8 Å². The van der Waals surface area contributed by atoms with Crippen molar-refractivity contribution in [2.75, 3.05) is 7.11 Å². The van der Waals surface area contributed by atoms with Gasteiger partial charge in [0.2, 0.25) is 0 Å². The third-order valence-corrected chi connectivity index (χ3v) is 8.97. The van der Waals surface area contributed by atoms with E-state index in [1.54, 1.807) is 42.5 Å². The van der Waals surface area contributed by atoms with Gasteiger partial charge in [-0.15, -0.1) is 0 Å². The molecular weight excluding hydrogens is 601 g/mol. The number of aromatic nitrogens is 3. The van der Waals surface area contributed by atoms with E-state index in [1.165, 1.54) is 7.11 Å². The van der Waals surface area contributed by atoms with Crippen LogP contribution in [0.4, 0.5) is 0 Å². The van der Waals surface area contributed by atoms with E-state index in [4.69, 9.17) is 48.8 Å². The fourth-order valence-corrected chi connectivity index (χ4v) is 6.61. The van der Waals surface area contributed by atoms with Gasteiger partial charge in [0.05, 0.1) is 33.3 Å². The van der Waals surface area contributed by atoms with E-state index in [-0.39, 0.29) is 24.3 Å². The average molecular weight is 631 g/mol. The molecule has 220 valence electrons. The van der Waals surface area contributed by atoms with Crippen LogP contribution in [-0.2, 0) is 16.9 Å². The van der Waals surface area contributed by atoms with Crippen LogP contribution in [0.25, 0.3) is 11.3 Å². The predicted molar refractivity (Wildman–Crippen MR) is 160 cm³/mol. The number of carbonyl (C=O) groups excluding carboxylic acids is 1. The molecule has 0 unspecified atom stereocenters. The molecule has 8 nitrogen and oxygen atoms in total. The van der Waals surface area contributed by atoms with E-state index < -0.39 is 11.6 Å². The Bertz CT molecular complexity index is 1630. The molecule has 0 amide bonds. The Labute approximate surface area is 258 Å². The Hall–Kier alpha value is -3.04. The lowest BCUT2D eigenvalue weighted by Gasteiger charge is -2.44. The number of benzene rings is 2. The summed E-state index contributed by atoms with van der Waals surface area (Å²) >= 11 is 19.7. The third-order valence-electron chi connectivity index (χ3n) is 8.03. The molecule has 2 fully saturated rings. The smallest absolute Gasteiger partial charge is 0.358 e. The van der Waals surface area contributed by atoms with Crippen LogP contribution in [0, 0.1) is 0 Å². The first kappa shape index (κ1) is 29.1. The molecule has 0 aliphatic heterocycles. The fraction of sp³-hybridized carbons (Fsp3) is 0.387. The zero-order valence-corrected chi connectivity index (χ0v) is 25.6. The average Bonchev–Trinajstić information content (AvgIpc) is 3.54. The highest BCUT2D eigenvalue weighted by atomic mass is 35.5. The van der Waals surface area contributed by atoms with Crippen molar-refractivity contribution in [1.82, 2.24) is 14.9 Å². The molecule has 4 aromatic rings. The molecule has 2 aromatic carbocycles. The number of ether oxygens (including phenoxy) is 2. The van der Waals surface area contributed by atoms with Crippen LogP contribution in [0.5, 0.6) is 5.75 Å². The summed E-state index contributed by atoms with van der Waals surface area (Å²) in [5, 5.41) is 21.6. The highest BCUT2D eigenvalue weighted by molar-refractivity contribution is 6.39. The summed E-state index contributed by atoms with van der Waals surface area (Å²) in [4.78, 5) is 12.1. The Morgan fingerprint density at radius 1 is 1.10 bits per heavy atom. The molecule has 11 heteroatoms. The zero-order chi connectivity index (χ0) is 29.8. The van der Waals surface area contributed by atoms with Crippen LogP contribution in [0.1, 0.15) is 90.5 Å². The maximum Gasteiger partial charge on any atom is 0.358 e. The van der Waals surface area contributed by atoms with Gasteiger partial charge < -0.3 is 19.1 Å². The zero-order valence-electron chi connectivity index (χ0n) is 23.4. The summed E-state index contributed by atoms with van der Waals surface area (Å²) in [5.74, 6) is 1.16. The minimum Gasteiger partial charge on any atom is -0.489 e. The van der Waals surface area contributed by atoms with Gasteiger partial charge in [0.15, 0.2) is 5.69 Å². The molecule has 1 N–H and O–H groups in total. The molecule has 2 aliphatic carbocycles. The Morgan fingerprint density at radius 3 is 2.43 bits per heavy atom. The number of aliphatic hydroxyl groups is 1. The van der Waals surface area contributed by atoms with E-state index in [0.29, 0.717) is 56.4 Å². The van der Waals surface area contributed by atoms with Crippen molar-refractivity contribution in [3.8, 4) is 17.0 Å². The second-order valence-corrected chi connectivity index (χ2v) is 12.5. The first-order valence-corrected chi connectivity index (χ1v) is 15.0. The van der Waals surface area contributed by atoms with Crippen LogP contribution in [0.2, 0.25) is 15.1 Å². The minimum absolute atomic E-state index is 0.0137. The van der Waals surface area contributed by atoms with Gasteiger partial charge in [0.1, 0.15) is 23.8 Å². The summed E-state index contributed by atoms with van der Waals surface area (Å²) in [6, 6.07) is 12.4. The van der Waals surface area contributed by atoms with E-state index >= 15 is 0 Å². The quantitative estimate of drug-likeness (QED) is 0.187. The molecule has 0 atom stereocenters. The van der Waals surface area contributed by atoms with Gasteiger partial charge in [-0.05, 0) is 69.9 Å². The highest BCUT2D eigenvalue weighted by Crippen LogP contribution is 2.53. The molecule has 42 heavy (non-hydrogen) atoms.